The van der Waals surface area contributed by atoms with E-state index in [4.69, 9.17) is 5.73 Å². The van der Waals surface area contributed by atoms with Crippen molar-refractivity contribution in [3.8, 4) is 0 Å². The van der Waals surface area contributed by atoms with Crippen molar-refractivity contribution in [3.05, 3.63) is 58.3 Å². The first-order chi connectivity index (χ1) is 9.81. The Balaban J connectivity index is 2.33. The normalized spacial score (nSPS) is 13.1. The van der Waals surface area contributed by atoms with Crippen LogP contribution in [-0.4, -0.2) is 8.42 Å². The monoisotopic (exact) mass is 372 g/mol. The first-order valence-electron chi connectivity index (χ1n) is 6.13. The predicted molar refractivity (Wildman–Crippen MR) is 83.7 cm³/mol. The van der Waals surface area contributed by atoms with Crippen molar-refractivity contribution in [1.82, 2.24) is 4.72 Å². The van der Waals surface area contributed by atoms with Gasteiger partial charge in [-0.15, -0.1) is 0 Å². The zero-order chi connectivity index (χ0) is 15.6. The van der Waals surface area contributed by atoms with E-state index in [1.807, 2.05) is 6.07 Å². The number of nitrogens with two attached hydrogens (primary N) is 1. The Labute approximate surface area is 131 Å². The Morgan fingerprint density at radius 1 is 1.24 bits per heavy atom. The van der Waals surface area contributed by atoms with Gasteiger partial charge in [-0.3, -0.25) is 0 Å². The fourth-order valence-corrected chi connectivity index (χ4v) is 3.50. The summed E-state index contributed by atoms with van der Waals surface area (Å²) in [6.45, 7) is 1.69. The molecule has 2 aromatic carbocycles. The molecule has 0 bridgehead atoms. The van der Waals surface area contributed by atoms with E-state index >= 15 is 0 Å². The van der Waals surface area contributed by atoms with Gasteiger partial charge in [-0.25, -0.2) is 17.5 Å². The number of rotatable bonds is 4. The van der Waals surface area contributed by atoms with Crippen LogP contribution in [-0.2, 0) is 10.0 Å². The number of hydrogen-bond acceptors (Lipinski definition) is 3. The number of sulfonamides is 1. The van der Waals surface area contributed by atoms with Gasteiger partial charge < -0.3 is 5.73 Å². The van der Waals surface area contributed by atoms with Crippen molar-refractivity contribution in [3.63, 3.8) is 0 Å². The highest BCUT2D eigenvalue weighted by molar-refractivity contribution is 9.10. The lowest BCUT2D eigenvalue weighted by Gasteiger charge is -2.15. The molecule has 0 saturated heterocycles. The molecule has 0 radical (unpaired) electrons. The van der Waals surface area contributed by atoms with Crippen LogP contribution in [0.4, 0.5) is 10.1 Å². The fourth-order valence-electron chi connectivity index (χ4n) is 1.86. The second-order valence-electron chi connectivity index (χ2n) is 4.56. The number of nitrogens with one attached hydrogen (secondary N) is 1. The maximum absolute atomic E-state index is 13.9. The lowest BCUT2D eigenvalue weighted by molar-refractivity contribution is 0.547. The Morgan fingerprint density at radius 3 is 2.48 bits per heavy atom. The molecule has 7 heteroatoms. The molecule has 1 atom stereocenters. The van der Waals surface area contributed by atoms with E-state index in [1.54, 1.807) is 31.2 Å². The quantitative estimate of drug-likeness (QED) is 0.809. The molecule has 0 amide bonds. The summed E-state index contributed by atoms with van der Waals surface area (Å²) in [7, 11) is -4.00. The molecular formula is C14H14BrFN2O2S. The van der Waals surface area contributed by atoms with Crippen LogP contribution in [0.15, 0.2) is 51.8 Å². The molecule has 0 spiro atoms. The highest BCUT2D eigenvalue weighted by atomic mass is 79.9. The molecule has 21 heavy (non-hydrogen) atoms. The molecule has 0 aliphatic heterocycles. The number of hydrogen-bond donors (Lipinski definition) is 2. The zero-order valence-electron chi connectivity index (χ0n) is 11.2. The Hall–Kier alpha value is -1.44. The zero-order valence-corrected chi connectivity index (χ0v) is 13.6. The van der Waals surface area contributed by atoms with E-state index in [9.17, 15) is 12.8 Å². The smallest absolute Gasteiger partial charge is 0.244 e. The number of benzene rings is 2. The SMILES string of the molecule is C[C@@H](NS(=O)(=O)c1cc(N)c(Br)cc1F)c1ccccc1. The molecule has 0 aromatic heterocycles. The summed E-state index contributed by atoms with van der Waals surface area (Å²) in [5.41, 5.74) is 6.56. The van der Waals surface area contributed by atoms with E-state index < -0.39 is 26.8 Å². The molecule has 0 heterocycles. The van der Waals surface area contributed by atoms with Crippen molar-refractivity contribution in [2.24, 2.45) is 0 Å². The summed E-state index contributed by atoms with van der Waals surface area (Å²) < 4.78 is 41.2. The second kappa shape index (κ2) is 6.13. The molecule has 112 valence electrons. The minimum atomic E-state index is -4.00. The van der Waals surface area contributed by atoms with Gasteiger partial charge in [0, 0.05) is 16.2 Å². The Morgan fingerprint density at radius 2 is 1.86 bits per heavy atom. The van der Waals surface area contributed by atoms with Gasteiger partial charge in [0.05, 0.1) is 0 Å². The van der Waals surface area contributed by atoms with Crippen LogP contribution in [0.5, 0.6) is 0 Å². The first-order valence-corrected chi connectivity index (χ1v) is 8.40. The molecule has 0 fully saturated rings. The van der Waals surface area contributed by atoms with Gasteiger partial charge in [-0.2, -0.15) is 0 Å². The van der Waals surface area contributed by atoms with Crippen molar-refractivity contribution < 1.29 is 12.8 Å². The average molecular weight is 373 g/mol. The first kappa shape index (κ1) is 15.9. The number of nitrogen functional groups attached to an aromatic ring is 1. The maximum atomic E-state index is 13.9. The molecule has 2 rings (SSSR count). The van der Waals surface area contributed by atoms with Gasteiger partial charge in [0.25, 0.3) is 0 Å². The second-order valence-corrected chi connectivity index (χ2v) is 7.09. The van der Waals surface area contributed by atoms with Gasteiger partial charge >= 0.3 is 0 Å². The van der Waals surface area contributed by atoms with E-state index in [1.165, 1.54) is 0 Å². The van der Waals surface area contributed by atoms with Gasteiger partial charge in [0.1, 0.15) is 10.7 Å². The van der Waals surface area contributed by atoms with Gasteiger partial charge in [-0.1, -0.05) is 30.3 Å². The van der Waals surface area contributed by atoms with Crippen LogP contribution < -0.4 is 10.5 Å². The molecular weight excluding hydrogens is 359 g/mol. The highest BCUT2D eigenvalue weighted by Crippen LogP contribution is 2.27. The lowest BCUT2D eigenvalue weighted by atomic mass is 10.1. The van der Waals surface area contributed by atoms with Crippen molar-refractivity contribution in [2.75, 3.05) is 5.73 Å². The average Bonchev–Trinajstić information content (AvgIpc) is 2.43. The maximum Gasteiger partial charge on any atom is 0.244 e. The molecule has 2 aromatic rings. The van der Waals surface area contributed by atoms with Gasteiger partial charge in [-0.05, 0) is 40.5 Å². The van der Waals surface area contributed by atoms with E-state index in [2.05, 4.69) is 20.7 Å². The predicted octanol–water partition coefficient (Wildman–Crippen LogP) is 3.21. The van der Waals surface area contributed by atoms with Crippen LogP contribution in [0, 0.1) is 5.82 Å². The van der Waals surface area contributed by atoms with Crippen LogP contribution >= 0.6 is 15.9 Å². The molecule has 4 nitrogen and oxygen atoms in total. The Bertz CT molecular complexity index is 751. The van der Waals surface area contributed by atoms with Crippen molar-refractivity contribution in [1.29, 1.82) is 0 Å². The third kappa shape index (κ3) is 3.61. The van der Waals surface area contributed by atoms with E-state index in [0.717, 1.165) is 17.7 Å². The summed E-state index contributed by atoms with van der Waals surface area (Å²) >= 11 is 3.05. The molecule has 3 N–H and O–H groups in total. The minimum absolute atomic E-state index is 0.157. The van der Waals surface area contributed by atoms with E-state index in [0.29, 0.717) is 4.47 Å². The van der Waals surface area contributed by atoms with Gasteiger partial charge in [0.15, 0.2) is 0 Å². The fraction of sp³-hybridized carbons (Fsp3) is 0.143. The summed E-state index contributed by atoms with van der Waals surface area (Å²) in [5.74, 6) is -0.858. The van der Waals surface area contributed by atoms with Crippen LogP contribution in [0.2, 0.25) is 0 Å². The molecule has 0 unspecified atom stereocenters. The Kier molecular flexibility index (Phi) is 4.65. The highest BCUT2D eigenvalue weighted by Gasteiger charge is 2.23. The topological polar surface area (TPSA) is 72.2 Å². The molecule has 0 aliphatic carbocycles. The van der Waals surface area contributed by atoms with Crippen LogP contribution in [0.3, 0.4) is 0 Å². The lowest BCUT2D eigenvalue weighted by Crippen LogP contribution is -2.27. The van der Waals surface area contributed by atoms with E-state index in [-0.39, 0.29) is 5.69 Å². The third-order valence-corrected chi connectivity index (χ3v) is 5.21. The standard InChI is InChI=1S/C14H14BrFN2O2S/c1-9(10-5-3-2-4-6-10)18-21(19,20)14-8-13(17)11(15)7-12(14)16/h2-9,18H,17H2,1H3/t9-/m1/s1. The van der Waals surface area contributed by atoms with Crippen molar-refractivity contribution >= 4 is 31.6 Å². The minimum Gasteiger partial charge on any atom is -0.398 e. The summed E-state index contributed by atoms with van der Waals surface area (Å²) in [5, 5.41) is 0. The molecule has 0 aliphatic rings. The molecule has 0 saturated carbocycles. The number of anilines is 1. The largest absolute Gasteiger partial charge is 0.398 e. The van der Waals surface area contributed by atoms with Gasteiger partial charge in [0.2, 0.25) is 10.0 Å². The van der Waals surface area contributed by atoms with Crippen LogP contribution in [0.25, 0.3) is 0 Å². The summed E-state index contributed by atoms with van der Waals surface area (Å²) in [6, 6.07) is 10.7. The van der Waals surface area contributed by atoms with Crippen molar-refractivity contribution in [2.45, 2.75) is 17.9 Å². The summed E-state index contributed by atoms with van der Waals surface area (Å²) in [6.07, 6.45) is 0. The summed E-state index contributed by atoms with van der Waals surface area (Å²) in [4.78, 5) is -0.467. The third-order valence-electron chi connectivity index (χ3n) is 2.97. The number of halogens is 2. The van der Waals surface area contributed by atoms with Crippen LogP contribution in [0.1, 0.15) is 18.5 Å².